The molecule has 4 bridgehead atoms. The van der Waals surface area contributed by atoms with Crippen LogP contribution in [0.4, 0.5) is 10.1 Å². The fraction of sp³-hybridized carbons (Fsp3) is 0.692. The van der Waals surface area contributed by atoms with Crippen LogP contribution in [0.1, 0.15) is 44.1 Å². The summed E-state index contributed by atoms with van der Waals surface area (Å²) in [4.78, 5) is 17.7. The quantitative estimate of drug-likeness (QED) is 0.666. The molecule has 1 aromatic rings. The monoisotopic (exact) mass is 467 g/mol. The van der Waals surface area contributed by atoms with Crippen molar-refractivity contribution in [1.82, 2.24) is 15.5 Å². The van der Waals surface area contributed by atoms with Crippen molar-refractivity contribution in [2.75, 3.05) is 31.2 Å². The first-order valence-electron chi connectivity index (χ1n) is 12.9. The van der Waals surface area contributed by atoms with Crippen LogP contribution in [-0.2, 0) is 16.0 Å². The molecule has 0 aromatic heterocycles. The molecule has 2 N–H and O–H groups in total. The summed E-state index contributed by atoms with van der Waals surface area (Å²) >= 11 is 0. The molecular formula is C26H34FN5O2. The van der Waals surface area contributed by atoms with Crippen molar-refractivity contribution >= 4 is 11.6 Å². The van der Waals surface area contributed by atoms with E-state index in [0.29, 0.717) is 35.6 Å². The highest BCUT2D eigenvalue weighted by atomic mass is 19.1. The molecule has 1 aliphatic carbocycles. The topological polar surface area (TPSA) is 80.6 Å². The third kappa shape index (κ3) is 4.08. The fourth-order valence-electron chi connectivity index (χ4n) is 7.09. The predicted molar refractivity (Wildman–Crippen MR) is 126 cm³/mol. The van der Waals surface area contributed by atoms with Gasteiger partial charge in [0.1, 0.15) is 11.9 Å². The molecule has 8 heteroatoms. The van der Waals surface area contributed by atoms with Crippen LogP contribution < -0.4 is 15.5 Å². The Morgan fingerprint density at radius 1 is 1.21 bits per heavy atom. The van der Waals surface area contributed by atoms with Crippen molar-refractivity contribution in [2.24, 2.45) is 5.92 Å². The van der Waals surface area contributed by atoms with Crippen molar-refractivity contribution in [3.63, 3.8) is 0 Å². The van der Waals surface area contributed by atoms with Gasteiger partial charge in [-0.3, -0.25) is 9.69 Å². The molecule has 5 aliphatic rings. The molecule has 1 aromatic carbocycles. The summed E-state index contributed by atoms with van der Waals surface area (Å²) in [6.07, 6.45) is 6.79. The zero-order valence-corrected chi connectivity index (χ0v) is 19.6. The molecule has 4 saturated heterocycles. The Kier molecular flexibility index (Phi) is 5.96. The second kappa shape index (κ2) is 9.10. The minimum Gasteiger partial charge on any atom is -0.380 e. The van der Waals surface area contributed by atoms with E-state index in [1.807, 2.05) is 6.07 Å². The third-order valence-corrected chi connectivity index (χ3v) is 8.81. The molecule has 4 aliphatic heterocycles. The van der Waals surface area contributed by atoms with Crippen molar-refractivity contribution < 1.29 is 13.9 Å². The molecule has 0 radical (unpaired) electrons. The van der Waals surface area contributed by atoms with Crippen LogP contribution in [-0.4, -0.2) is 73.4 Å². The highest BCUT2D eigenvalue weighted by Crippen LogP contribution is 2.37. The molecule has 4 heterocycles. The first-order chi connectivity index (χ1) is 16.6. The van der Waals surface area contributed by atoms with E-state index in [9.17, 15) is 10.1 Å². The van der Waals surface area contributed by atoms with Gasteiger partial charge in [0.15, 0.2) is 0 Å². The Morgan fingerprint density at radius 2 is 2.03 bits per heavy atom. The van der Waals surface area contributed by atoms with Crippen molar-refractivity contribution in [2.45, 2.75) is 81.2 Å². The lowest BCUT2D eigenvalue weighted by Gasteiger charge is -2.44. The molecule has 5 fully saturated rings. The summed E-state index contributed by atoms with van der Waals surface area (Å²) in [6, 6.07) is 8.39. The molecule has 7 atom stereocenters. The Bertz CT molecular complexity index is 962. The van der Waals surface area contributed by atoms with Gasteiger partial charge in [-0.25, -0.2) is 4.39 Å². The lowest BCUT2D eigenvalue weighted by atomic mass is 9.98. The van der Waals surface area contributed by atoms with E-state index < -0.39 is 6.04 Å². The van der Waals surface area contributed by atoms with Gasteiger partial charge in [0.25, 0.3) is 0 Å². The number of halogens is 1. The standard InChI is InChI=1S/C26H34FN5O2/c27-24-11-20(32-21-5-6-22(32)14-31(13-21)23-7-8-34-15-23)4-2-16(24)9-19(12-28)30-26(33)25-17-1-3-18(10-17)29-25/h2,4,11,17-19,21-23,25,29H,1,3,5-10,13-15H2,(H,30,33)/t17-,18+,19-,21?,22?,23?,25-/m0/s1. The average molecular weight is 468 g/mol. The summed E-state index contributed by atoms with van der Waals surface area (Å²) in [5.41, 5.74) is 1.41. The Balaban J connectivity index is 1.10. The summed E-state index contributed by atoms with van der Waals surface area (Å²) in [5.74, 6) is -0.0636. The SMILES string of the molecule is N#C[C@H](Cc1ccc(N2C3CCC2CN(C2CCOC2)C3)cc1F)NC(=O)[C@H]1N[C@@H]2CC[C@H]1C2. The zero-order valence-electron chi connectivity index (χ0n) is 19.6. The van der Waals surface area contributed by atoms with E-state index in [-0.39, 0.29) is 24.2 Å². The molecular weight excluding hydrogens is 433 g/mol. The number of ether oxygens (including phenoxy) is 1. The molecule has 1 saturated carbocycles. The van der Waals surface area contributed by atoms with Gasteiger partial charge < -0.3 is 20.3 Å². The van der Waals surface area contributed by atoms with Crippen LogP contribution >= 0.6 is 0 Å². The largest absolute Gasteiger partial charge is 0.380 e. The number of rotatable bonds is 6. The van der Waals surface area contributed by atoms with Crippen molar-refractivity contribution in [3.8, 4) is 6.07 Å². The Morgan fingerprint density at radius 3 is 2.65 bits per heavy atom. The summed E-state index contributed by atoms with van der Waals surface area (Å²) in [5, 5.41) is 15.8. The first kappa shape index (κ1) is 22.3. The molecule has 34 heavy (non-hydrogen) atoms. The third-order valence-electron chi connectivity index (χ3n) is 8.81. The van der Waals surface area contributed by atoms with Crippen LogP contribution in [0.25, 0.3) is 0 Å². The van der Waals surface area contributed by atoms with Gasteiger partial charge in [0.05, 0.1) is 18.7 Å². The zero-order chi connectivity index (χ0) is 23.2. The highest BCUT2D eigenvalue weighted by Gasteiger charge is 2.44. The number of benzene rings is 1. The molecule has 3 unspecified atom stereocenters. The number of likely N-dealkylation sites (tertiary alicyclic amines) is 1. The summed E-state index contributed by atoms with van der Waals surface area (Å²) in [7, 11) is 0. The molecule has 182 valence electrons. The lowest BCUT2D eigenvalue weighted by Crippen LogP contribution is -2.56. The number of nitrogens with zero attached hydrogens (tertiary/aromatic N) is 3. The van der Waals surface area contributed by atoms with Gasteiger partial charge in [0, 0.05) is 56.0 Å². The Labute approximate surface area is 200 Å². The minimum atomic E-state index is -0.734. The van der Waals surface area contributed by atoms with Crippen molar-refractivity contribution in [3.05, 3.63) is 29.6 Å². The first-order valence-corrected chi connectivity index (χ1v) is 12.9. The van der Waals surface area contributed by atoms with Crippen LogP contribution in [0, 0.1) is 23.1 Å². The number of nitrogens with one attached hydrogen (secondary N) is 2. The summed E-state index contributed by atoms with van der Waals surface area (Å²) < 4.78 is 20.8. The lowest BCUT2D eigenvalue weighted by molar-refractivity contribution is -0.124. The smallest absolute Gasteiger partial charge is 0.238 e. The normalized spacial score (nSPS) is 35.5. The number of amides is 1. The van der Waals surface area contributed by atoms with E-state index in [2.05, 4.69) is 26.5 Å². The van der Waals surface area contributed by atoms with Gasteiger partial charge in [-0.05, 0) is 62.1 Å². The molecule has 7 nitrogen and oxygen atoms in total. The van der Waals surface area contributed by atoms with E-state index in [0.717, 1.165) is 70.5 Å². The molecule has 6 rings (SSSR count). The number of carbonyl (C=O) groups excluding carboxylic acids is 1. The number of anilines is 1. The van der Waals surface area contributed by atoms with Gasteiger partial charge in [-0.1, -0.05) is 6.07 Å². The number of carbonyl (C=O) groups is 1. The highest BCUT2D eigenvalue weighted by molar-refractivity contribution is 5.83. The maximum atomic E-state index is 15.2. The number of hydrogen-bond acceptors (Lipinski definition) is 6. The van der Waals surface area contributed by atoms with Gasteiger partial charge in [-0.15, -0.1) is 0 Å². The molecule has 0 spiro atoms. The number of nitriles is 1. The van der Waals surface area contributed by atoms with Crippen LogP contribution in [0.15, 0.2) is 18.2 Å². The average Bonchev–Trinajstić information content (AvgIpc) is 3.64. The number of hydrogen-bond donors (Lipinski definition) is 2. The number of piperidine rings is 1. The number of piperazine rings is 1. The predicted octanol–water partition coefficient (Wildman–Crippen LogP) is 1.96. The Hall–Kier alpha value is -2.21. The van der Waals surface area contributed by atoms with E-state index in [4.69, 9.17) is 4.74 Å². The second-order valence-corrected chi connectivity index (χ2v) is 10.8. The van der Waals surface area contributed by atoms with Gasteiger partial charge in [0.2, 0.25) is 5.91 Å². The van der Waals surface area contributed by atoms with Gasteiger partial charge in [-0.2, -0.15) is 5.26 Å². The maximum absolute atomic E-state index is 15.2. The fourth-order valence-corrected chi connectivity index (χ4v) is 7.09. The van der Waals surface area contributed by atoms with Crippen LogP contribution in [0.5, 0.6) is 0 Å². The second-order valence-electron chi connectivity index (χ2n) is 10.8. The number of fused-ring (bicyclic) bond motifs is 4. The maximum Gasteiger partial charge on any atom is 0.238 e. The van der Waals surface area contributed by atoms with Crippen molar-refractivity contribution in [1.29, 1.82) is 5.26 Å². The van der Waals surface area contributed by atoms with E-state index in [1.165, 1.54) is 0 Å². The minimum absolute atomic E-state index is 0.127. The van der Waals surface area contributed by atoms with E-state index in [1.54, 1.807) is 12.1 Å². The van der Waals surface area contributed by atoms with Gasteiger partial charge >= 0.3 is 0 Å². The summed E-state index contributed by atoms with van der Waals surface area (Å²) in [6.45, 7) is 3.70. The molecule has 1 amide bonds. The van der Waals surface area contributed by atoms with Crippen LogP contribution in [0.3, 0.4) is 0 Å². The van der Waals surface area contributed by atoms with E-state index >= 15 is 4.39 Å². The van der Waals surface area contributed by atoms with Crippen LogP contribution in [0.2, 0.25) is 0 Å².